The summed E-state index contributed by atoms with van der Waals surface area (Å²) in [7, 11) is -4.01. The summed E-state index contributed by atoms with van der Waals surface area (Å²) in [6.45, 7) is -0.993. The van der Waals surface area contributed by atoms with Crippen molar-refractivity contribution in [2.75, 3.05) is 30.3 Å². The van der Waals surface area contributed by atoms with E-state index in [1.807, 2.05) is 0 Å². The van der Waals surface area contributed by atoms with Crippen LogP contribution >= 0.6 is 0 Å². The molecule has 0 aliphatic rings. The van der Waals surface area contributed by atoms with Crippen LogP contribution in [0.25, 0.3) is 33.4 Å². The normalized spacial score (nSPS) is 12.0. The molecule has 4 aromatic rings. The predicted octanol–water partition coefficient (Wildman–Crippen LogP) is 6.92. The van der Waals surface area contributed by atoms with E-state index in [2.05, 4.69) is 0 Å². The molecule has 0 bridgehead atoms. The number of fused-ring (bicyclic) bond motifs is 1. The van der Waals surface area contributed by atoms with E-state index in [0.717, 1.165) is 10.6 Å². The first-order valence-electron chi connectivity index (χ1n) is 13.1. The van der Waals surface area contributed by atoms with Crippen LogP contribution in [0.4, 0.5) is 27.6 Å². The Morgan fingerprint density at radius 1 is 1.00 bits per heavy atom. The van der Waals surface area contributed by atoms with Gasteiger partial charge < -0.3 is 9.73 Å². The van der Waals surface area contributed by atoms with Crippen molar-refractivity contribution < 1.29 is 44.4 Å². The maximum absolute atomic E-state index is 13.7. The Kier molecular flexibility index (Phi) is 9.24. The number of ketones is 1. The van der Waals surface area contributed by atoms with Crippen LogP contribution in [0.3, 0.4) is 0 Å². The molecule has 228 valence electrons. The van der Waals surface area contributed by atoms with Gasteiger partial charge in [-0.25, -0.2) is 12.8 Å². The van der Waals surface area contributed by atoms with E-state index in [1.54, 1.807) is 12.2 Å². The number of nitrogens with one attached hydrogen (secondary N) is 1. The van der Waals surface area contributed by atoms with Crippen molar-refractivity contribution in [1.29, 1.82) is 0 Å². The Balaban J connectivity index is 2.00. The minimum absolute atomic E-state index is 0.0335. The highest BCUT2D eigenvalue weighted by Gasteiger charge is 2.29. The molecule has 1 heterocycles. The van der Waals surface area contributed by atoms with Crippen molar-refractivity contribution in [1.82, 2.24) is 5.32 Å². The highest BCUT2D eigenvalue weighted by molar-refractivity contribution is 7.92. The van der Waals surface area contributed by atoms with Crippen molar-refractivity contribution in [3.63, 3.8) is 0 Å². The van der Waals surface area contributed by atoms with E-state index < -0.39 is 41.1 Å². The van der Waals surface area contributed by atoms with Gasteiger partial charge in [-0.3, -0.25) is 18.3 Å². The second kappa shape index (κ2) is 12.5. The number of furan rings is 1. The summed E-state index contributed by atoms with van der Waals surface area (Å²) >= 11 is 0. The third-order valence-electron chi connectivity index (χ3n) is 6.56. The van der Waals surface area contributed by atoms with Gasteiger partial charge in [0.05, 0.1) is 24.2 Å². The summed E-state index contributed by atoms with van der Waals surface area (Å²) in [5, 5.41) is 2.08. The smallest absolute Gasteiger partial charge is 0.405 e. The van der Waals surface area contributed by atoms with Gasteiger partial charge >= 0.3 is 6.18 Å². The lowest BCUT2D eigenvalue weighted by Gasteiger charge is -2.25. The molecular weight excluding hydrogens is 595 g/mol. The first kappa shape index (κ1) is 31.7. The van der Waals surface area contributed by atoms with Gasteiger partial charge in [-0.2, -0.15) is 13.2 Å². The first-order valence-corrected chi connectivity index (χ1v) is 15.0. The van der Waals surface area contributed by atoms with Gasteiger partial charge in [0.2, 0.25) is 10.0 Å². The number of hydrogen-bond donors (Lipinski definition) is 1. The molecule has 0 fully saturated rings. The van der Waals surface area contributed by atoms with Gasteiger partial charge in [-0.1, -0.05) is 19.1 Å². The fourth-order valence-electron chi connectivity index (χ4n) is 4.61. The lowest BCUT2D eigenvalue weighted by atomic mass is 9.95. The quantitative estimate of drug-likeness (QED) is 0.145. The van der Waals surface area contributed by atoms with Crippen LogP contribution in [0.1, 0.15) is 40.5 Å². The Morgan fingerprint density at radius 2 is 1.70 bits per heavy atom. The SMILES string of the molecule is CCC(=O)c1c(-c2ccc(F)cc2)oc2cc(N(CCCF)S(C)(=O)=O)c(-c3cccc(C(=O)NCC(F)(F)F)c3)cc12. The number of nitrogens with zero attached hydrogens (tertiary/aromatic N) is 1. The highest BCUT2D eigenvalue weighted by Crippen LogP contribution is 2.42. The molecule has 0 saturated heterocycles. The molecule has 0 spiro atoms. The Bertz CT molecular complexity index is 1770. The molecule has 0 radical (unpaired) electrons. The van der Waals surface area contributed by atoms with Crippen molar-refractivity contribution in [2.45, 2.75) is 25.9 Å². The fraction of sp³-hybridized carbons (Fsp3) is 0.267. The second-order valence-corrected chi connectivity index (χ2v) is 11.6. The Labute approximate surface area is 244 Å². The number of rotatable bonds is 11. The summed E-state index contributed by atoms with van der Waals surface area (Å²) < 4.78 is 97.8. The van der Waals surface area contributed by atoms with Gasteiger partial charge in [-0.05, 0) is 54.4 Å². The zero-order valence-electron chi connectivity index (χ0n) is 23.1. The summed E-state index contributed by atoms with van der Waals surface area (Å²) in [4.78, 5) is 25.7. The van der Waals surface area contributed by atoms with E-state index in [0.29, 0.717) is 5.56 Å². The number of anilines is 1. The lowest BCUT2D eigenvalue weighted by molar-refractivity contribution is -0.123. The monoisotopic (exact) mass is 622 g/mol. The van der Waals surface area contributed by atoms with Crippen molar-refractivity contribution in [3.8, 4) is 22.5 Å². The number of Topliss-reactive ketones (excluding diaryl/α,β-unsaturated/α-hetero) is 1. The number of sulfonamides is 1. The van der Waals surface area contributed by atoms with Crippen LogP contribution in [-0.4, -0.2) is 52.3 Å². The third kappa shape index (κ3) is 7.22. The number of halogens is 5. The number of carbonyl (C=O) groups is 2. The van der Waals surface area contributed by atoms with E-state index in [4.69, 9.17) is 4.42 Å². The second-order valence-electron chi connectivity index (χ2n) is 9.71. The molecule has 7 nitrogen and oxygen atoms in total. The number of amides is 1. The molecule has 4 rings (SSSR count). The summed E-state index contributed by atoms with van der Waals surface area (Å²) in [6.07, 6.45) is -3.79. The topological polar surface area (TPSA) is 96.7 Å². The van der Waals surface area contributed by atoms with Crippen molar-refractivity contribution >= 4 is 38.4 Å². The number of carbonyl (C=O) groups excluding carboxylic acids is 2. The van der Waals surface area contributed by atoms with E-state index in [-0.39, 0.29) is 69.8 Å². The number of benzene rings is 3. The molecule has 0 unspecified atom stereocenters. The molecule has 1 N–H and O–H groups in total. The Morgan fingerprint density at radius 3 is 2.30 bits per heavy atom. The summed E-state index contributed by atoms with van der Waals surface area (Å²) in [6, 6.07) is 13.6. The average molecular weight is 623 g/mol. The van der Waals surface area contributed by atoms with Crippen molar-refractivity contribution in [2.24, 2.45) is 0 Å². The zero-order valence-corrected chi connectivity index (χ0v) is 23.9. The number of hydrogen-bond acceptors (Lipinski definition) is 5. The van der Waals surface area contributed by atoms with Gasteiger partial charge in [0.1, 0.15) is 23.7 Å². The average Bonchev–Trinajstić information content (AvgIpc) is 3.33. The largest absolute Gasteiger partial charge is 0.455 e. The van der Waals surface area contributed by atoms with Crippen LogP contribution in [0.5, 0.6) is 0 Å². The fourth-order valence-corrected chi connectivity index (χ4v) is 5.58. The molecule has 13 heteroatoms. The van der Waals surface area contributed by atoms with E-state index in [1.165, 1.54) is 60.7 Å². The van der Waals surface area contributed by atoms with Crippen LogP contribution in [0.15, 0.2) is 65.1 Å². The molecule has 1 amide bonds. The minimum atomic E-state index is -4.64. The van der Waals surface area contributed by atoms with Crippen molar-refractivity contribution in [3.05, 3.63) is 77.6 Å². The third-order valence-corrected chi connectivity index (χ3v) is 7.74. The number of alkyl halides is 4. The minimum Gasteiger partial charge on any atom is -0.455 e. The van der Waals surface area contributed by atoms with E-state index in [9.17, 15) is 40.0 Å². The molecule has 0 aliphatic heterocycles. The van der Waals surface area contributed by atoms with Crippen LogP contribution in [-0.2, 0) is 10.0 Å². The molecule has 1 aromatic heterocycles. The molecule has 0 atom stereocenters. The maximum Gasteiger partial charge on any atom is 0.405 e. The lowest BCUT2D eigenvalue weighted by Crippen LogP contribution is -2.33. The molecule has 3 aromatic carbocycles. The molecule has 0 saturated carbocycles. The van der Waals surface area contributed by atoms with Crippen LogP contribution < -0.4 is 9.62 Å². The highest BCUT2D eigenvalue weighted by atomic mass is 32.2. The maximum atomic E-state index is 13.7. The molecule has 0 aliphatic carbocycles. The molecular formula is C30H27F5N2O5S. The predicted molar refractivity (Wildman–Crippen MR) is 153 cm³/mol. The van der Waals surface area contributed by atoms with Gasteiger partial charge in [0.15, 0.2) is 5.78 Å². The summed E-state index contributed by atoms with van der Waals surface area (Å²) in [5.41, 5.74) is 0.994. The van der Waals surface area contributed by atoms with E-state index >= 15 is 0 Å². The summed E-state index contributed by atoms with van der Waals surface area (Å²) in [5.74, 6) is -1.72. The van der Waals surface area contributed by atoms with Gasteiger partial charge in [-0.15, -0.1) is 0 Å². The first-order chi connectivity index (χ1) is 20.2. The van der Waals surface area contributed by atoms with Crippen LogP contribution in [0, 0.1) is 5.82 Å². The van der Waals surface area contributed by atoms with Gasteiger partial charge in [0, 0.05) is 41.1 Å². The van der Waals surface area contributed by atoms with Crippen LogP contribution in [0.2, 0.25) is 0 Å². The Hall–Kier alpha value is -4.26. The standard InChI is InChI=1S/C30H27F5N2O5S/c1-3-25(38)27-23-15-22(19-6-4-7-20(14-19)29(39)36-17-30(33,34)35)24(37(13-5-12-31)43(2,40)41)16-26(23)42-28(27)18-8-10-21(32)11-9-18/h4,6-11,14-16H,3,5,12-13,17H2,1-2H3,(H,36,39). The van der Waals surface area contributed by atoms with Gasteiger partial charge in [0.25, 0.3) is 5.91 Å². The molecule has 43 heavy (non-hydrogen) atoms. The zero-order chi connectivity index (χ0) is 31.5.